The number of nitrogens with two attached hydrogens (primary N) is 1. The van der Waals surface area contributed by atoms with Crippen LogP contribution in [0.3, 0.4) is 0 Å². The van der Waals surface area contributed by atoms with E-state index in [0.29, 0.717) is 23.9 Å². The largest absolute Gasteiger partial charge is 0.493 e. The molecule has 0 bridgehead atoms. The van der Waals surface area contributed by atoms with Gasteiger partial charge >= 0.3 is 5.97 Å². The fraction of sp³-hybridized carbons (Fsp3) is 0.263. The number of hydrogen-bond donors (Lipinski definition) is 1. The summed E-state index contributed by atoms with van der Waals surface area (Å²) in [4.78, 5) is 26.6. The van der Waals surface area contributed by atoms with Crippen molar-refractivity contribution in [2.45, 2.75) is 13.5 Å². The highest BCUT2D eigenvalue weighted by Crippen LogP contribution is 2.27. The minimum absolute atomic E-state index is 0.0699. The van der Waals surface area contributed by atoms with Crippen molar-refractivity contribution in [3.8, 4) is 5.75 Å². The Morgan fingerprint density at radius 3 is 2.48 bits per heavy atom. The number of rotatable bonds is 6. The third-order valence-corrected chi connectivity index (χ3v) is 3.79. The molecule has 8 nitrogen and oxygen atoms in total. The standard InChI is InChI=1S/C19H21N5O3/c1-4-26-15-10-13-8-6-5-7-12(13)9-14(15)17(25)27-11-16-21-18(20)23-19(22-16)24(2)3/h5-10H,4,11H2,1-3H3,(H2,20,21,22,23). The molecule has 27 heavy (non-hydrogen) atoms. The second-order valence-electron chi connectivity index (χ2n) is 6.01. The van der Waals surface area contributed by atoms with E-state index in [9.17, 15) is 4.79 Å². The predicted molar refractivity (Wildman–Crippen MR) is 103 cm³/mol. The summed E-state index contributed by atoms with van der Waals surface area (Å²) in [5.74, 6) is 0.702. The van der Waals surface area contributed by atoms with Crippen molar-refractivity contribution in [3.05, 3.63) is 47.8 Å². The number of benzene rings is 2. The van der Waals surface area contributed by atoms with Crippen molar-refractivity contribution in [2.24, 2.45) is 0 Å². The van der Waals surface area contributed by atoms with Gasteiger partial charge in [0.2, 0.25) is 11.9 Å². The minimum atomic E-state index is -0.519. The Balaban J connectivity index is 1.84. The molecule has 3 aromatic rings. The van der Waals surface area contributed by atoms with Crippen LogP contribution in [0.4, 0.5) is 11.9 Å². The highest BCUT2D eigenvalue weighted by Gasteiger charge is 2.17. The first-order valence-electron chi connectivity index (χ1n) is 8.48. The Hall–Kier alpha value is -3.42. The van der Waals surface area contributed by atoms with Crippen LogP contribution in [-0.4, -0.2) is 41.6 Å². The summed E-state index contributed by atoms with van der Waals surface area (Å²) in [6.45, 7) is 2.18. The highest BCUT2D eigenvalue weighted by atomic mass is 16.5. The average Bonchev–Trinajstić information content (AvgIpc) is 2.65. The Kier molecular flexibility index (Phi) is 5.35. The molecule has 0 atom stereocenters. The van der Waals surface area contributed by atoms with Gasteiger partial charge < -0.3 is 20.1 Å². The fourth-order valence-electron chi connectivity index (χ4n) is 2.55. The lowest BCUT2D eigenvalue weighted by atomic mass is 10.1. The molecule has 0 aliphatic carbocycles. The lowest BCUT2D eigenvalue weighted by Crippen LogP contribution is -2.17. The Labute approximate surface area is 157 Å². The zero-order valence-electron chi connectivity index (χ0n) is 15.5. The van der Waals surface area contributed by atoms with Gasteiger partial charge in [-0.15, -0.1) is 0 Å². The van der Waals surface area contributed by atoms with Gasteiger partial charge in [0.25, 0.3) is 0 Å². The Morgan fingerprint density at radius 2 is 1.81 bits per heavy atom. The number of carbonyl (C=O) groups is 1. The Morgan fingerprint density at radius 1 is 1.11 bits per heavy atom. The van der Waals surface area contributed by atoms with Crippen LogP contribution in [0.5, 0.6) is 5.75 Å². The number of nitrogen functional groups attached to an aromatic ring is 1. The summed E-state index contributed by atoms with van der Waals surface area (Å²) in [6, 6.07) is 11.3. The van der Waals surface area contributed by atoms with E-state index in [1.54, 1.807) is 25.1 Å². The number of anilines is 2. The van der Waals surface area contributed by atoms with Crippen LogP contribution in [0.1, 0.15) is 23.1 Å². The number of aromatic nitrogens is 3. The molecular formula is C19H21N5O3. The van der Waals surface area contributed by atoms with Gasteiger partial charge in [0, 0.05) is 14.1 Å². The number of fused-ring (bicyclic) bond motifs is 1. The SMILES string of the molecule is CCOc1cc2ccccc2cc1C(=O)OCc1nc(N)nc(N(C)C)n1. The molecule has 0 saturated heterocycles. The number of carbonyl (C=O) groups excluding carboxylic acids is 1. The van der Waals surface area contributed by atoms with Gasteiger partial charge in [0.1, 0.15) is 11.3 Å². The van der Waals surface area contributed by atoms with Gasteiger partial charge in [-0.1, -0.05) is 24.3 Å². The van der Waals surface area contributed by atoms with Crippen molar-refractivity contribution in [3.63, 3.8) is 0 Å². The minimum Gasteiger partial charge on any atom is -0.493 e. The highest BCUT2D eigenvalue weighted by molar-refractivity contribution is 5.98. The molecule has 0 unspecified atom stereocenters. The second kappa shape index (κ2) is 7.86. The number of ether oxygens (including phenoxy) is 2. The summed E-state index contributed by atoms with van der Waals surface area (Å²) in [5, 5.41) is 1.91. The summed E-state index contributed by atoms with van der Waals surface area (Å²) >= 11 is 0. The van der Waals surface area contributed by atoms with Crippen LogP contribution in [0.25, 0.3) is 10.8 Å². The Bertz CT molecular complexity index is 975. The van der Waals surface area contributed by atoms with Gasteiger partial charge in [-0.3, -0.25) is 0 Å². The first kappa shape index (κ1) is 18.4. The predicted octanol–water partition coefficient (Wildman–Crippen LogP) is 2.43. The van der Waals surface area contributed by atoms with E-state index >= 15 is 0 Å². The van der Waals surface area contributed by atoms with Crippen LogP contribution in [-0.2, 0) is 11.3 Å². The van der Waals surface area contributed by atoms with E-state index < -0.39 is 5.97 Å². The number of esters is 1. The maximum Gasteiger partial charge on any atom is 0.342 e. The molecule has 1 aromatic heterocycles. The maximum atomic E-state index is 12.6. The third kappa shape index (κ3) is 4.22. The van der Waals surface area contributed by atoms with Crippen LogP contribution in [0.15, 0.2) is 36.4 Å². The smallest absolute Gasteiger partial charge is 0.342 e. The molecule has 0 aliphatic rings. The zero-order valence-corrected chi connectivity index (χ0v) is 15.5. The van der Waals surface area contributed by atoms with Crippen molar-refractivity contribution in [1.82, 2.24) is 15.0 Å². The first-order chi connectivity index (χ1) is 13.0. The van der Waals surface area contributed by atoms with Crippen LogP contribution >= 0.6 is 0 Å². The monoisotopic (exact) mass is 367 g/mol. The zero-order chi connectivity index (χ0) is 19.4. The van der Waals surface area contributed by atoms with Crippen LogP contribution in [0, 0.1) is 0 Å². The third-order valence-electron chi connectivity index (χ3n) is 3.79. The average molecular weight is 367 g/mol. The van der Waals surface area contributed by atoms with Crippen molar-refractivity contribution < 1.29 is 14.3 Å². The number of nitrogens with zero attached hydrogens (tertiary/aromatic N) is 4. The molecule has 2 N–H and O–H groups in total. The molecule has 0 radical (unpaired) electrons. The molecule has 140 valence electrons. The van der Waals surface area contributed by atoms with E-state index in [4.69, 9.17) is 15.2 Å². The second-order valence-corrected chi connectivity index (χ2v) is 6.01. The molecule has 2 aromatic carbocycles. The quantitative estimate of drug-likeness (QED) is 0.663. The normalized spacial score (nSPS) is 10.6. The van der Waals surface area contributed by atoms with Gasteiger partial charge in [-0.25, -0.2) is 4.79 Å². The summed E-state index contributed by atoms with van der Waals surface area (Å²) in [7, 11) is 3.57. The van der Waals surface area contributed by atoms with Gasteiger partial charge in [-0.05, 0) is 29.8 Å². The maximum absolute atomic E-state index is 12.6. The van der Waals surface area contributed by atoms with Crippen LogP contribution in [0.2, 0.25) is 0 Å². The van der Waals surface area contributed by atoms with E-state index in [2.05, 4.69) is 15.0 Å². The summed E-state index contributed by atoms with van der Waals surface area (Å²) in [6.07, 6.45) is 0. The topological polar surface area (TPSA) is 103 Å². The summed E-state index contributed by atoms with van der Waals surface area (Å²) < 4.78 is 11.0. The fourth-order valence-corrected chi connectivity index (χ4v) is 2.55. The van der Waals surface area contributed by atoms with Gasteiger partial charge in [0.05, 0.1) is 6.61 Å². The van der Waals surface area contributed by atoms with Gasteiger partial charge in [-0.2, -0.15) is 15.0 Å². The molecule has 8 heteroatoms. The van der Waals surface area contributed by atoms with E-state index in [-0.39, 0.29) is 18.4 Å². The van der Waals surface area contributed by atoms with Gasteiger partial charge in [0.15, 0.2) is 12.4 Å². The van der Waals surface area contributed by atoms with E-state index in [1.165, 1.54) is 0 Å². The molecule has 0 saturated carbocycles. The molecular weight excluding hydrogens is 346 g/mol. The summed E-state index contributed by atoms with van der Waals surface area (Å²) in [5.41, 5.74) is 6.04. The van der Waals surface area contributed by atoms with Crippen molar-refractivity contribution in [2.75, 3.05) is 31.3 Å². The molecule has 0 spiro atoms. The molecule has 3 rings (SSSR count). The lowest BCUT2D eigenvalue weighted by Gasteiger charge is -2.13. The van der Waals surface area contributed by atoms with E-state index in [0.717, 1.165) is 10.8 Å². The molecule has 0 aliphatic heterocycles. The lowest BCUT2D eigenvalue weighted by molar-refractivity contribution is 0.0458. The van der Waals surface area contributed by atoms with E-state index in [1.807, 2.05) is 37.3 Å². The van der Waals surface area contributed by atoms with Crippen molar-refractivity contribution >= 4 is 28.6 Å². The van der Waals surface area contributed by atoms with Crippen LogP contribution < -0.4 is 15.4 Å². The first-order valence-corrected chi connectivity index (χ1v) is 8.48. The molecule has 0 fully saturated rings. The molecule has 0 amide bonds. The molecule has 1 heterocycles. The number of hydrogen-bond acceptors (Lipinski definition) is 8. The van der Waals surface area contributed by atoms with Crippen molar-refractivity contribution in [1.29, 1.82) is 0 Å².